The maximum Gasteiger partial charge on any atom is 0.143 e. The average molecular weight is 561 g/mol. The van der Waals surface area contributed by atoms with E-state index in [2.05, 4.69) is 0 Å². The van der Waals surface area contributed by atoms with Crippen LogP contribution in [0.25, 0.3) is 87.6 Å². The third kappa shape index (κ3) is 3.72. The van der Waals surface area contributed by atoms with Crippen molar-refractivity contribution in [2.45, 2.75) is 0 Å². The van der Waals surface area contributed by atoms with Gasteiger partial charge < -0.3 is 4.42 Å². The summed E-state index contributed by atoms with van der Waals surface area (Å²) in [6.45, 7) is 0. The van der Waals surface area contributed by atoms with Crippen molar-refractivity contribution in [1.82, 2.24) is 0 Å². The third-order valence-electron chi connectivity index (χ3n) is 7.81. The fourth-order valence-corrected chi connectivity index (χ4v) is 5.97. The van der Waals surface area contributed by atoms with Gasteiger partial charge in [0.05, 0.1) is 19.2 Å². The Morgan fingerprint density at radius 3 is 1.81 bits per heavy atom. The molecule has 0 bridgehead atoms. The smallest absolute Gasteiger partial charge is 0.143 e. The maximum absolute atomic E-state index is 9.70. The summed E-state index contributed by atoms with van der Waals surface area (Å²) in [4.78, 5) is 0. The number of hydrogen-bond donors (Lipinski definition) is 0. The summed E-state index contributed by atoms with van der Waals surface area (Å²) >= 11 is 0. The lowest BCUT2D eigenvalue weighted by atomic mass is 9.85. The first-order valence-corrected chi connectivity index (χ1v) is 13.6. The monoisotopic (exact) mass is 560 g/mol. The molecule has 1 aromatic heterocycles. The highest BCUT2D eigenvalue weighted by atomic mass is 16.3. The van der Waals surface area contributed by atoms with E-state index in [0.717, 1.165) is 5.56 Å². The molecule has 0 radical (unpaired) electrons. The van der Waals surface area contributed by atoms with Crippen molar-refractivity contribution in [2.24, 2.45) is 0 Å². The molecular weight excluding hydrogens is 520 g/mol. The Morgan fingerprint density at radius 1 is 0.419 bits per heavy atom. The third-order valence-corrected chi connectivity index (χ3v) is 7.81. The predicted octanol–water partition coefficient (Wildman–Crippen LogP) is 12.0. The Labute approximate surface area is 268 Å². The first-order valence-electron chi connectivity index (χ1n) is 20.6. The van der Waals surface area contributed by atoms with Gasteiger partial charge in [0.2, 0.25) is 0 Å². The second-order valence-corrected chi connectivity index (χ2v) is 10.2. The van der Waals surface area contributed by atoms with Gasteiger partial charge in [0, 0.05) is 16.2 Å². The molecule has 0 fully saturated rings. The van der Waals surface area contributed by atoms with E-state index >= 15 is 0 Å². The van der Waals surface area contributed by atoms with E-state index in [1.807, 2.05) is 54.6 Å². The highest BCUT2D eigenvalue weighted by Gasteiger charge is 2.18. The van der Waals surface area contributed by atoms with Gasteiger partial charge in [0.25, 0.3) is 0 Å². The topological polar surface area (TPSA) is 13.1 Å². The molecule has 0 amide bonds. The Hall–Kier alpha value is -5.66. The van der Waals surface area contributed by atoms with Gasteiger partial charge in [0.1, 0.15) is 11.2 Å². The molecule has 0 atom stereocenters. The van der Waals surface area contributed by atoms with Crippen LogP contribution in [0.15, 0.2) is 162 Å². The predicted molar refractivity (Wildman–Crippen MR) is 183 cm³/mol. The highest BCUT2D eigenvalue weighted by Crippen LogP contribution is 2.45. The molecule has 1 heterocycles. The number of benzene rings is 8. The molecule has 9 aromatic rings. The van der Waals surface area contributed by atoms with Crippen molar-refractivity contribution in [2.75, 3.05) is 0 Å². The second-order valence-electron chi connectivity index (χ2n) is 10.2. The minimum Gasteiger partial charge on any atom is -0.455 e. The average Bonchev–Trinajstić information content (AvgIpc) is 3.62. The standard InChI is InChI=1S/C42H26O/c1-2-11-27(12-3-1)29-14-10-15-30(25-29)40-33-17-6-8-19-35(33)41(36-20-9-7-18-34(36)40)31-22-24-39-38(26-31)37-23-21-28-13-4-5-16-32(28)42(37)43-39/h1-26H/i1D,2D,3D,4D,5D,11D,12D,13D,16D,21D,22D,23D,24D,26D. The van der Waals surface area contributed by atoms with Crippen LogP contribution in [0.5, 0.6) is 0 Å². The van der Waals surface area contributed by atoms with Gasteiger partial charge in [0.15, 0.2) is 0 Å². The summed E-state index contributed by atoms with van der Waals surface area (Å²) in [6.07, 6.45) is 0. The normalized spacial score (nSPS) is 16.3. The Kier molecular flexibility index (Phi) is 3.07. The SMILES string of the molecule is [2H]c1c([2H])c([2H])c(-c2cccc(-c3c4ccccc4c(-c4c([2H])c([2H])c5oc6c7c([2H])c([2H])c([2H])c([2H])c7c([2H])c([2H])c6c5c4[2H])c4ccccc34)c2)c([2H])c1[2H]. The van der Waals surface area contributed by atoms with Crippen LogP contribution in [0.4, 0.5) is 0 Å². The molecule has 1 heteroatoms. The van der Waals surface area contributed by atoms with Gasteiger partial charge in [-0.15, -0.1) is 0 Å². The molecule has 43 heavy (non-hydrogen) atoms. The van der Waals surface area contributed by atoms with Gasteiger partial charge in [-0.05, 0) is 84.5 Å². The summed E-state index contributed by atoms with van der Waals surface area (Å²) in [5.41, 5.74) is 2.01. The summed E-state index contributed by atoms with van der Waals surface area (Å²) in [5.74, 6) is 0. The molecule has 0 N–H and O–H groups in total. The minimum atomic E-state index is -0.572. The molecular formula is C42H26O. The van der Waals surface area contributed by atoms with E-state index in [1.54, 1.807) is 18.2 Å². The Morgan fingerprint density at radius 2 is 1.07 bits per heavy atom. The number of hydrogen-bond acceptors (Lipinski definition) is 1. The molecule has 9 rings (SSSR count). The molecule has 0 spiro atoms. The molecule has 8 aromatic carbocycles. The lowest BCUT2D eigenvalue weighted by molar-refractivity contribution is 0.672. The van der Waals surface area contributed by atoms with Gasteiger partial charge in [-0.2, -0.15) is 0 Å². The van der Waals surface area contributed by atoms with Gasteiger partial charge >= 0.3 is 0 Å². The molecule has 0 aliphatic heterocycles. The first kappa shape index (κ1) is 14.0. The lowest BCUT2D eigenvalue weighted by Crippen LogP contribution is -1.91. The van der Waals surface area contributed by atoms with Crippen LogP contribution in [0.2, 0.25) is 0 Å². The van der Waals surface area contributed by atoms with E-state index in [1.165, 1.54) is 0 Å². The van der Waals surface area contributed by atoms with Gasteiger partial charge in [-0.25, -0.2) is 0 Å². The van der Waals surface area contributed by atoms with Gasteiger partial charge in [-0.1, -0.05) is 133 Å². The van der Waals surface area contributed by atoms with Crippen LogP contribution in [-0.4, -0.2) is 0 Å². The van der Waals surface area contributed by atoms with E-state index in [-0.39, 0.29) is 68.0 Å². The largest absolute Gasteiger partial charge is 0.455 e. The van der Waals surface area contributed by atoms with E-state index in [9.17, 15) is 4.11 Å². The van der Waals surface area contributed by atoms with Crippen molar-refractivity contribution < 1.29 is 23.6 Å². The second kappa shape index (κ2) is 9.44. The van der Waals surface area contributed by atoms with E-state index < -0.39 is 60.4 Å². The number of furan rings is 1. The summed E-state index contributed by atoms with van der Waals surface area (Å²) in [5, 5.41) is 2.15. The Bertz CT molecular complexity index is 3210. The zero-order valence-electron chi connectivity index (χ0n) is 36.3. The van der Waals surface area contributed by atoms with Crippen LogP contribution in [0.3, 0.4) is 0 Å². The summed E-state index contributed by atoms with van der Waals surface area (Å²) in [6, 6.07) is 15.7. The van der Waals surface area contributed by atoms with E-state index in [4.69, 9.17) is 19.5 Å². The van der Waals surface area contributed by atoms with Gasteiger partial charge in [-0.3, -0.25) is 0 Å². The number of rotatable bonds is 3. The minimum absolute atomic E-state index is 0.0302. The van der Waals surface area contributed by atoms with Crippen molar-refractivity contribution in [1.29, 1.82) is 0 Å². The molecule has 0 aliphatic carbocycles. The van der Waals surface area contributed by atoms with Crippen molar-refractivity contribution in [3.05, 3.63) is 157 Å². The zero-order chi connectivity index (χ0) is 40.5. The summed E-state index contributed by atoms with van der Waals surface area (Å²) in [7, 11) is 0. The fraction of sp³-hybridized carbons (Fsp3) is 0. The molecule has 200 valence electrons. The molecule has 0 saturated carbocycles. The molecule has 0 saturated heterocycles. The first-order chi connectivity index (χ1) is 27.2. The maximum atomic E-state index is 9.70. The quantitative estimate of drug-likeness (QED) is 0.196. The van der Waals surface area contributed by atoms with Crippen LogP contribution in [0, 0.1) is 0 Å². The molecule has 0 unspecified atom stereocenters. The Balaban J connectivity index is 1.39. The molecule has 1 nitrogen and oxygen atoms in total. The van der Waals surface area contributed by atoms with Crippen molar-refractivity contribution in [3.63, 3.8) is 0 Å². The highest BCUT2D eigenvalue weighted by molar-refractivity contribution is 6.23. The molecule has 0 aliphatic rings. The van der Waals surface area contributed by atoms with Crippen molar-refractivity contribution >= 4 is 54.3 Å². The van der Waals surface area contributed by atoms with Crippen LogP contribution in [-0.2, 0) is 0 Å². The van der Waals surface area contributed by atoms with Crippen LogP contribution in [0.1, 0.15) is 19.2 Å². The number of fused-ring (bicyclic) bond motifs is 7. The van der Waals surface area contributed by atoms with Crippen LogP contribution < -0.4 is 0 Å². The summed E-state index contributed by atoms with van der Waals surface area (Å²) < 4.78 is 128. The van der Waals surface area contributed by atoms with Crippen molar-refractivity contribution in [3.8, 4) is 33.4 Å². The zero-order valence-corrected chi connectivity index (χ0v) is 22.3. The lowest BCUT2D eigenvalue weighted by Gasteiger charge is -2.18. The van der Waals surface area contributed by atoms with Crippen LogP contribution >= 0.6 is 0 Å². The fourth-order valence-electron chi connectivity index (χ4n) is 5.97. The van der Waals surface area contributed by atoms with E-state index in [0.29, 0.717) is 38.2 Å².